The molecule has 0 fully saturated rings. The zero-order chi connectivity index (χ0) is 7.70. The molecule has 0 rings (SSSR count). The monoisotopic (exact) mass is 155 g/mol. The van der Waals surface area contributed by atoms with Gasteiger partial charge in [0.05, 0.1) is 0 Å². The van der Waals surface area contributed by atoms with Gasteiger partial charge in [-0.2, -0.15) is 5.92 Å². The summed E-state index contributed by atoms with van der Waals surface area (Å²) in [5.74, 6) is 0.583. The second-order valence-corrected chi connectivity index (χ2v) is 2.47. The normalized spacial score (nSPS) is 7.80. The van der Waals surface area contributed by atoms with E-state index in [9.17, 15) is 0 Å². The van der Waals surface area contributed by atoms with Gasteiger partial charge in [-0.05, 0) is 6.42 Å². The van der Waals surface area contributed by atoms with Crippen LogP contribution in [0.4, 0.5) is 0 Å². The fraction of sp³-hybridized carbons (Fsp3) is 0.875. The molecule has 1 N–H and O–H groups in total. The predicted molar refractivity (Wildman–Crippen MR) is 47.9 cm³/mol. The Labute approximate surface area is 81.4 Å². The van der Waals surface area contributed by atoms with Crippen LogP contribution in [0.15, 0.2) is 0 Å². The summed E-state index contributed by atoms with van der Waals surface area (Å²) in [6.07, 6.45) is 2.04. The van der Waals surface area contributed by atoms with Crippen LogP contribution in [0, 0.1) is 12.8 Å². The Morgan fingerprint density at radius 1 is 1.40 bits per heavy atom. The van der Waals surface area contributed by atoms with E-state index in [1.807, 2.05) is 0 Å². The number of aliphatic hydroxyl groups is 1. The third-order valence-electron chi connectivity index (χ3n) is 0.512. The summed E-state index contributed by atoms with van der Waals surface area (Å²) < 4.78 is 0. The Morgan fingerprint density at radius 2 is 1.70 bits per heavy atom. The van der Waals surface area contributed by atoms with Crippen LogP contribution in [0.5, 0.6) is 0 Å². The summed E-state index contributed by atoms with van der Waals surface area (Å²) in [6, 6.07) is 0. The van der Waals surface area contributed by atoms with Crippen molar-refractivity contribution < 1.29 is 5.11 Å². The number of hydrogen-bond donors (Lipinski definition) is 1. The van der Waals surface area contributed by atoms with E-state index >= 15 is 0 Å². The van der Waals surface area contributed by atoms with Crippen LogP contribution < -0.4 is 0 Å². The molecule has 0 atom stereocenters. The van der Waals surface area contributed by atoms with Crippen LogP contribution >= 0.6 is 0 Å². The molecule has 0 heterocycles. The van der Waals surface area contributed by atoms with E-state index in [1.54, 1.807) is 0 Å². The first-order valence-corrected chi connectivity index (χ1v) is 3.59. The van der Waals surface area contributed by atoms with Crippen molar-refractivity contribution in [1.82, 2.24) is 0 Å². The predicted octanol–water partition coefficient (Wildman–Crippen LogP) is 1.87. The van der Waals surface area contributed by atoms with Gasteiger partial charge in [-0.1, -0.05) is 27.2 Å². The van der Waals surface area contributed by atoms with Gasteiger partial charge < -0.3 is 12.0 Å². The van der Waals surface area contributed by atoms with Crippen molar-refractivity contribution in [3.8, 4) is 0 Å². The quantitative estimate of drug-likeness (QED) is 0.477. The minimum absolute atomic E-state index is 0. The molecule has 10 heavy (non-hydrogen) atoms. The van der Waals surface area contributed by atoms with Gasteiger partial charge in [-0.25, -0.2) is 0 Å². The Hall–Kier alpha value is 0.726. The van der Waals surface area contributed by atoms with Crippen LogP contribution in [0.3, 0.4) is 0 Å². The van der Waals surface area contributed by atoms with Crippen LogP contribution in [0.25, 0.3) is 0 Å². The topological polar surface area (TPSA) is 20.2 Å². The van der Waals surface area contributed by atoms with Gasteiger partial charge in [0.15, 0.2) is 0 Å². The number of hydrogen-bond acceptors (Lipinski definition) is 1. The second-order valence-electron chi connectivity index (χ2n) is 2.47. The van der Waals surface area contributed by atoms with Crippen molar-refractivity contribution in [2.75, 3.05) is 6.61 Å². The Morgan fingerprint density at radius 3 is 1.70 bits per heavy atom. The molecule has 0 aromatic heterocycles. The smallest absolute Gasteiger partial charge is 0.396 e. The zero-order valence-corrected chi connectivity index (χ0v) is 8.97. The zero-order valence-electron chi connectivity index (χ0n) is 7.56. The summed E-state index contributed by atoms with van der Waals surface area (Å²) in [7, 11) is 0. The summed E-state index contributed by atoms with van der Waals surface area (Å²) in [5.41, 5.74) is 0. The molecule has 0 amide bonds. The van der Waals surface area contributed by atoms with Crippen LogP contribution in [-0.2, 0) is 0 Å². The van der Waals surface area contributed by atoms with Gasteiger partial charge in [0.1, 0.15) is 0 Å². The van der Waals surface area contributed by atoms with E-state index < -0.39 is 0 Å². The molecule has 0 aromatic carbocycles. The maximum Gasteiger partial charge on any atom is 2.00 e. The average Bonchev–Trinajstić information content (AvgIpc) is 1.66. The van der Waals surface area contributed by atoms with Crippen molar-refractivity contribution in [3.63, 3.8) is 0 Å². The van der Waals surface area contributed by atoms with Crippen molar-refractivity contribution in [2.24, 2.45) is 5.92 Å². The third-order valence-corrected chi connectivity index (χ3v) is 0.512. The minimum Gasteiger partial charge on any atom is -0.396 e. The summed E-state index contributed by atoms with van der Waals surface area (Å²) in [5, 5.41) is 8.07. The molecular weight excluding hydrogens is 136 g/mol. The molecule has 0 bridgehead atoms. The molecule has 0 aliphatic heterocycles. The van der Waals surface area contributed by atoms with E-state index in [2.05, 4.69) is 27.7 Å². The maximum absolute atomic E-state index is 8.07. The summed E-state index contributed by atoms with van der Waals surface area (Å²) >= 11 is 0. The molecule has 0 unspecified atom stereocenters. The Balaban J connectivity index is -0.0000000910. The molecular formula is C8H19MgO+. The van der Waals surface area contributed by atoms with Gasteiger partial charge >= 0.3 is 23.1 Å². The Bertz CT molecular complexity index is 33.5. The Kier molecular flexibility index (Phi) is 27.8. The molecule has 1 nitrogen and oxygen atoms in total. The fourth-order valence-electron chi connectivity index (χ4n) is 0.158. The molecule has 0 saturated heterocycles. The van der Waals surface area contributed by atoms with Gasteiger partial charge in [0, 0.05) is 6.61 Å². The van der Waals surface area contributed by atoms with Crippen molar-refractivity contribution in [3.05, 3.63) is 6.92 Å². The van der Waals surface area contributed by atoms with Gasteiger partial charge in [0.2, 0.25) is 0 Å². The van der Waals surface area contributed by atoms with E-state index in [1.165, 1.54) is 0 Å². The van der Waals surface area contributed by atoms with Crippen LogP contribution in [-0.4, -0.2) is 34.8 Å². The number of aliphatic hydroxyl groups excluding tert-OH is 1. The number of unbranched alkanes of at least 4 members (excludes halogenated alkanes) is 1. The first-order chi connectivity index (χ1) is 4.15. The minimum atomic E-state index is 0. The van der Waals surface area contributed by atoms with Crippen molar-refractivity contribution in [1.29, 1.82) is 0 Å². The molecule has 0 radical (unpaired) electrons. The van der Waals surface area contributed by atoms with Crippen molar-refractivity contribution in [2.45, 2.75) is 33.6 Å². The molecule has 0 spiro atoms. The molecule has 0 aliphatic carbocycles. The van der Waals surface area contributed by atoms with E-state index in [4.69, 9.17) is 5.11 Å². The van der Waals surface area contributed by atoms with Gasteiger partial charge in [-0.15, -0.1) is 0 Å². The SMILES string of the molecule is CCCCO.[CH2-]C(C)C.[Mg+2]. The van der Waals surface area contributed by atoms with E-state index in [0.29, 0.717) is 12.5 Å². The van der Waals surface area contributed by atoms with Crippen LogP contribution in [0.2, 0.25) is 0 Å². The first-order valence-electron chi connectivity index (χ1n) is 3.59. The molecule has 0 aliphatic rings. The third kappa shape index (κ3) is 70.1. The summed E-state index contributed by atoms with van der Waals surface area (Å²) in [4.78, 5) is 0. The largest absolute Gasteiger partial charge is 2.00 e. The number of rotatable bonds is 2. The fourth-order valence-corrected chi connectivity index (χ4v) is 0.158. The van der Waals surface area contributed by atoms with E-state index in [-0.39, 0.29) is 23.1 Å². The average molecular weight is 156 g/mol. The standard InChI is InChI=1S/C4H10O.C4H9.Mg/c1-2-3-4-5;1-4(2)3;/h5H,2-4H2,1H3;4H,1H2,2-3H3;/q;-1;+2. The maximum atomic E-state index is 8.07. The molecule has 2 heteroatoms. The summed E-state index contributed by atoms with van der Waals surface area (Å²) in [6.45, 7) is 10.1. The second kappa shape index (κ2) is 16.4. The van der Waals surface area contributed by atoms with Gasteiger partial charge in [-0.3, -0.25) is 0 Å². The van der Waals surface area contributed by atoms with Crippen LogP contribution in [0.1, 0.15) is 33.6 Å². The van der Waals surface area contributed by atoms with Gasteiger partial charge in [0.25, 0.3) is 0 Å². The first kappa shape index (κ1) is 17.0. The van der Waals surface area contributed by atoms with Crippen molar-refractivity contribution >= 4 is 23.1 Å². The molecule has 0 saturated carbocycles. The molecule has 0 aromatic rings. The van der Waals surface area contributed by atoms with E-state index in [0.717, 1.165) is 12.8 Å². The molecule has 58 valence electrons.